The molecule has 20 heteroatoms. The number of hydrogen-bond donors (Lipinski definition) is 6. The Morgan fingerprint density at radius 2 is 1.19 bits per heavy atom. The number of para-hydroxylation sites is 2. The number of nitrogens with zero attached hydrogens (tertiary/aromatic N) is 3. The van der Waals surface area contributed by atoms with E-state index in [1.807, 2.05) is 59.5 Å². The minimum absolute atomic E-state index is 0.0176. The van der Waals surface area contributed by atoms with Crippen LogP contribution in [0.4, 0.5) is 28.4 Å². The lowest BCUT2D eigenvalue weighted by Gasteiger charge is -2.22. The van der Waals surface area contributed by atoms with Crippen molar-refractivity contribution in [2.45, 2.75) is 63.8 Å². The number of rotatable bonds is 20. The highest BCUT2D eigenvalue weighted by molar-refractivity contribution is 6.15. The molecule has 0 radical (unpaired) electrons. The van der Waals surface area contributed by atoms with Crippen molar-refractivity contribution in [1.29, 1.82) is 0 Å². The molecular formula is C55H57N9O11. The first-order chi connectivity index (χ1) is 36.4. The van der Waals surface area contributed by atoms with E-state index in [2.05, 4.69) is 31.9 Å². The van der Waals surface area contributed by atoms with Crippen molar-refractivity contribution < 1.29 is 52.5 Å². The molecule has 20 nitrogen and oxygen atoms in total. The van der Waals surface area contributed by atoms with E-state index in [0.717, 1.165) is 28.9 Å². The van der Waals surface area contributed by atoms with Crippen LogP contribution >= 0.6 is 0 Å². The molecule has 7 amide bonds. The van der Waals surface area contributed by atoms with Gasteiger partial charge in [-0.3, -0.25) is 43.5 Å². The number of hydrogen-bond acceptors (Lipinski definition) is 13. The molecule has 0 saturated carbocycles. The fraction of sp³-hybridized carbons (Fsp3) is 0.309. The second-order valence-electron chi connectivity index (χ2n) is 18.3. The molecule has 0 saturated heterocycles. The molecule has 0 bridgehead atoms. The number of nitrogens with one attached hydrogen (secondary N) is 6. The smallest absolute Gasteiger partial charge is 0.261 e. The first-order valence-corrected chi connectivity index (χ1v) is 24.6. The van der Waals surface area contributed by atoms with Gasteiger partial charge in [-0.05, 0) is 84.0 Å². The third-order valence-corrected chi connectivity index (χ3v) is 13.3. The Morgan fingerprint density at radius 3 is 1.84 bits per heavy atom. The van der Waals surface area contributed by atoms with E-state index in [0.29, 0.717) is 94.5 Å². The molecule has 5 aromatic carbocycles. The molecule has 0 aromatic heterocycles. The van der Waals surface area contributed by atoms with Crippen LogP contribution in [-0.4, -0.2) is 107 Å². The largest absolute Gasteiger partial charge is 0.493 e. The number of anilines is 4. The summed E-state index contributed by atoms with van der Waals surface area (Å²) in [6, 6.07) is 27.3. The molecule has 9 rings (SSSR count). The summed E-state index contributed by atoms with van der Waals surface area (Å²) in [6.07, 6.45) is 4.57. The molecule has 388 valence electrons. The molecule has 0 unspecified atom stereocenters. The van der Waals surface area contributed by atoms with Gasteiger partial charge in [-0.1, -0.05) is 36.4 Å². The van der Waals surface area contributed by atoms with E-state index in [4.69, 9.17) is 23.9 Å². The van der Waals surface area contributed by atoms with Crippen molar-refractivity contribution >= 4 is 76.0 Å². The van der Waals surface area contributed by atoms with Crippen molar-refractivity contribution in [2.75, 3.05) is 67.9 Å². The first-order valence-electron chi connectivity index (χ1n) is 24.6. The molecule has 75 heavy (non-hydrogen) atoms. The molecule has 0 aliphatic carbocycles. The minimum Gasteiger partial charge on any atom is -0.493 e. The third kappa shape index (κ3) is 11.6. The van der Waals surface area contributed by atoms with E-state index >= 15 is 0 Å². The number of benzene rings is 5. The summed E-state index contributed by atoms with van der Waals surface area (Å²) in [5.74, 6) is -1.32. The summed E-state index contributed by atoms with van der Waals surface area (Å²) >= 11 is 0. The maximum absolute atomic E-state index is 14.1. The van der Waals surface area contributed by atoms with Gasteiger partial charge in [0.1, 0.15) is 13.2 Å². The van der Waals surface area contributed by atoms with E-state index in [1.54, 1.807) is 47.5 Å². The molecule has 4 aliphatic heterocycles. The van der Waals surface area contributed by atoms with Crippen molar-refractivity contribution in [3.8, 4) is 23.0 Å². The second kappa shape index (κ2) is 22.9. The Kier molecular flexibility index (Phi) is 15.5. The quantitative estimate of drug-likeness (QED) is 0.0579. The molecule has 0 spiro atoms. The number of ether oxygens (including phenoxy) is 4. The molecule has 4 aliphatic rings. The average Bonchev–Trinajstić information content (AvgIpc) is 3.92. The Balaban J connectivity index is 0.881. The third-order valence-electron chi connectivity index (χ3n) is 13.3. The molecule has 4 heterocycles. The zero-order valence-electron chi connectivity index (χ0n) is 41.7. The molecule has 6 N–H and O–H groups in total. The number of carbonyl (C=O) groups excluding carboxylic acids is 7. The summed E-state index contributed by atoms with van der Waals surface area (Å²) in [7, 11) is 4.52. The normalized spacial score (nSPS) is 15.5. The van der Waals surface area contributed by atoms with E-state index in [-0.39, 0.29) is 61.9 Å². The van der Waals surface area contributed by atoms with E-state index in [9.17, 15) is 33.6 Å². The van der Waals surface area contributed by atoms with Crippen LogP contribution in [-0.2, 0) is 50.0 Å². The van der Waals surface area contributed by atoms with Crippen LogP contribution in [0.15, 0.2) is 96.0 Å². The lowest BCUT2D eigenvalue weighted by molar-refractivity contribution is -0.128. The first kappa shape index (κ1) is 51.0. The van der Waals surface area contributed by atoms with E-state index < -0.39 is 30.8 Å². The Hall–Kier alpha value is -8.94. The van der Waals surface area contributed by atoms with Gasteiger partial charge in [0.25, 0.3) is 11.8 Å². The number of amides is 7. The molecular weight excluding hydrogens is 963 g/mol. The van der Waals surface area contributed by atoms with Gasteiger partial charge in [0.2, 0.25) is 29.5 Å². The number of aliphatic imine (C=N–C) groups is 1. The standard InChI is InChI=1S/C55H57N9O11/c1-56-49(65)14-8-9-15-50(66)59-27-51(67)60-28-52(68)61-29-53(69)62-36-17-32(30-74-47-23-41-39(21-45(47)72-2)54(70)63-37(25-57-41)19-34-10-4-6-12-43(34)63)16-33(18-36)31-75-48-24-42-40(22-46(48)73-3)55(71)64-38(26-58-42)20-35-11-5-7-13-44(35)64/h4-7,10-13,16-18,21-25,37-38,58H,8-9,14-15,19-20,26-31H2,1-3H3,(H,56,65)(H,59,66)(H,60,67)(H,61,68)(H,62,69)/t37-,38-/m0/s1. The fourth-order valence-electron chi connectivity index (χ4n) is 9.58. The SMILES string of the molecule is CNC(=O)CCCCC(=O)NCC(=O)NCC(=O)NCC(=O)Nc1cc(COc2cc3c(cc2OC)C(=O)N2c4ccccc4C[C@H]2C=N3)cc(COc2cc3c(cc2OC)C(=O)N2c4ccccc4C[C@H]2CN3)c1. The van der Waals surface area contributed by atoms with E-state index in [1.165, 1.54) is 21.3 Å². The molecule has 0 fully saturated rings. The highest BCUT2D eigenvalue weighted by atomic mass is 16.5. The Morgan fingerprint density at radius 1 is 0.627 bits per heavy atom. The van der Waals surface area contributed by atoms with Gasteiger partial charge < -0.3 is 55.7 Å². The Bertz CT molecular complexity index is 3110. The van der Waals surface area contributed by atoms with Crippen molar-refractivity contribution in [3.63, 3.8) is 0 Å². The highest BCUT2D eigenvalue weighted by Gasteiger charge is 2.39. The zero-order valence-corrected chi connectivity index (χ0v) is 41.7. The molecule has 2 atom stereocenters. The zero-order chi connectivity index (χ0) is 52.6. The predicted octanol–water partition coefficient (Wildman–Crippen LogP) is 4.74. The van der Waals surface area contributed by atoms with Crippen LogP contribution in [0.5, 0.6) is 23.0 Å². The summed E-state index contributed by atoms with van der Waals surface area (Å²) in [5.41, 5.74) is 7.28. The maximum atomic E-state index is 14.1. The number of unbranched alkanes of at least 4 members (excludes halogenated alkanes) is 1. The highest BCUT2D eigenvalue weighted by Crippen LogP contribution is 2.43. The molecule has 5 aromatic rings. The van der Waals surface area contributed by atoms with Gasteiger partial charge in [0, 0.05) is 68.3 Å². The van der Waals surface area contributed by atoms with Crippen LogP contribution < -0.4 is 60.6 Å². The van der Waals surface area contributed by atoms with Gasteiger partial charge in [-0.2, -0.15) is 0 Å². The number of fused-ring (bicyclic) bond motifs is 8. The van der Waals surface area contributed by atoms with Crippen LogP contribution in [0.1, 0.15) is 68.7 Å². The monoisotopic (exact) mass is 1020 g/mol. The maximum Gasteiger partial charge on any atom is 0.261 e. The average molecular weight is 1020 g/mol. The number of methoxy groups -OCH3 is 2. The lowest BCUT2D eigenvalue weighted by atomic mass is 10.1. The van der Waals surface area contributed by atoms with Gasteiger partial charge in [0.05, 0.1) is 68.4 Å². The second-order valence-corrected chi connectivity index (χ2v) is 18.3. The summed E-state index contributed by atoms with van der Waals surface area (Å²) in [4.78, 5) is 98.3. The van der Waals surface area contributed by atoms with Crippen LogP contribution in [0.3, 0.4) is 0 Å². The van der Waals surface area contributed by atoms with Gasteiger partial charge in [0.15, 0.2) is 23.0 Å². The van der Waals surface area contributed by atoms with Crippen molar-refractivity contribution in [3.05, 3.63) is 124 Å². The van der Waals surface area contributed by atoms with Crippen molar-refractivity contribution in [2.24, 2.45) is 4.99 Å². The van der Waals surface area contributed by atoms with Crippen LogP contribution in [0.2, 0.25) is 0 Å². The number of carbonyl (C=O) groups is 7. The van der Waals surface area contributed by atoms with Crippen LogP contribution in [0, 0.1) is 0 Å². The van der Waals surface area contributed by atoms with Gasteiger partial charge in [-0.25, -0.2) is 0 Å². The summed E-state index contributed by atoms with van der Waals surface area (Å²) in [5, 5.41) is 16.2. The van der Waals surface area contributed by atoms with Crippen LogP contribution in [0.25, 0.3) is 0 Å². The summed E-state index contributed by atoms with van der Waals surface area (Å²) < 4.78 is 24.3. The van der Waals surface area contributed by atoms with Gasteiger partial charge >= 0.3 is 0 Å². The lowest BCUT2D eigenvalue weighted by Crippen LogP contribution is -2.43. The van der Waals surface area contributed by atoms with Crippen molar-refractivity contribution in [1.82, 2.24) is 21.3 Å². The topological polar surface area (TPSA) is 247 Å². The minimum atomic E-state index is -0.641. The van der Waals surface area contributed by atoms with Gasteiger partial charge in [-0.15, -0.1) is 0 Å². The predicted molar refractivity (Wildman–Crippen MR) is 279 cm³/mol. The summed E-state index contributed by atoms with van der Waals surface area (Å²) in [6.45, 7) is -0.755. The Labute approximate surface area is 432 Å². The fourth-order valence-corrected chi connectivity index (χ4v) is 9.58.